The fraction of sp³-hybridized carbons (Fsp3) is 0.615. The first-order valence-electron chi connectivity index (χ1n) is 5.97. The first kappa shape index (κ1) is 11.4. The minimum absolute atomic E-state index is 0.424. The Balaban J connectivity index is 1.96. The van der Waals surface area contributed by atoms with E-state index in [1.807, 2.05) is 6.07 Å². The fourth-order valence-electron chi connectivity index (χ4n) is 2.43. The minimum atomic E-state index is 0.424. The second-order valence-corrected chi connectivity index (χ2v) is 4.87. The lowest BCUT2D eigenvalue weighted by molar-refractivity contribution is 0.106. The van der Waals surface area contributed by atoms with Crippen LogP contribution in [0.2, 0.25) is 0 Å². The van der Waals surface area contributed by atoms with Crippen molar-refractivity contribution in [1.29, 1.82) is 0 Å². The Morgan fingerprint density at radius 1 is 1.50 bits per heavy atom. The van der Waals surface area contributed by atoms with Crippen LogP contribution in [0.3, 0.4) is 0 Å². The molecule has 0 amide bonds. The number of likely N-dealkylation sites (tertiary alicyclic amines) is 1. The van der Waals surface area contributed by atoms with Crippen molar-refractivity contribution in [3.63, 3.8) is 0 Å². The van der Waals surface area contributed by atoms with E-state index < -0.39 is 0 Å². The van der Waals surface area contributed by atoms with E-state index in [1.54, 1.807) is 6.07 Å². The summed E-state index contributed by atoms with van der Waals surface area (Å²) in [7, 11) is 0. The van der Waals surface area contributed by atoms with Gasteiger partial charge < -0.3 is 4.42 Å². The third kappa shape index (κ3) is 2.53. The highest BCUT2D eigenvalue weighted by Gasteiger charge is 2.23. The molecule has 0 bridgehead atoms. The Kier molecular flexibility index (Phi) is 3.44. The molecule has 1 saturated heterocycles. The third-order valence-electron chi connectivity index (χ3n) is 3.43. The van der Waals surface area contributed by atoms with Gasteiger partial charge in [-0.2, -0.15) is 0 Å². The summed E-state index contributed by atoms with van der Waals surface area (Å²) in [5, 5.41) is 0. The highest BCUT2D eigenvalue weighted by molar-refractivity contribution is 5.70. The maximum atomic E-state index is 10.5. The zero-order valence-electron chi connectivity index (χ0n) is 9.98. The average molecular weight is 221 g/mol. The van der Waals surface area contributed by atoms with Crippen LogP contribution in [0, 0.1) is 5.92 Å². The summed E-state index contributed by atoms with van der Waals surface area (Å²) in [6.45, 7) is 6.52. The van der Waals surface area contributed by atoms with Crippen LogP contribution in [0.1, 0.15) is 43.0 Å². The van der Waals surface area contributed by atoms with Gasteiger partial charge in [0.1, 0.15) is 5.76 Å². The minimum Gasteiger partial charge on any atom is -0.457 e. The number of furan rings is 1. The van der Waals surface area contributed by atoms with E-state index in [4.69, 9.17) is 4.42 Å². The first-order chi connectivity index (χ1) is 7.69. The zero-order chi connectivity index (χ0) is 11.5. The van der Waals surface area contributed by atoms with E-state index in [-0.39, 0.29) is 0 Å². The highest BCUT2D eigenvalue weighted by Crippen LogP contribution is 2.24. The molecule has 1 aromatic rings. The van der Waals surface area contributed by atoms with Crippen molar-refractivity contribution in [3.05, 3.63) is 23.7 Å². The van der Waals surface area contributed by atoms with Gasteiger partial charge in [-0.05, 0) is 44.4 Å². The van der Waals surface area contributed by atoms with Crippen molar-refractivity contribution in [2.24, 2.45) is 5.92 Å². The number of aldehydes is 1. The van der Waals surface area contributed by atoms with Crippen LogP contribution in [-0.4, -0.2) is 23.8 Å². The Hall–Kier alpha value is -1.09. The summed E-state index contributed by atoms with van der Waals surface area (Å²) in [5.74, 6) is 2.14. The monoisotopic (exact) mass is 221 g/mol. The molecule has 0 spiro atoms. The van der Waals surface area contributed by atoms with Gasteiger partial charge in [-0.25, -0.2) is 0 Å². The van der Waals surface area contributed by atoms with Crippen molar-refractivity contribution >= 4 is 6.29 Å². The molecule has 2 unspecified atom stereocenters. The molecule has 88 valence electrons. The summed E-state index contributed by atoms with van der Waals surface area (Å²) < 4.78 is 5.40. The standard InChI is InChI=1S/C13H19NO2/c1-10-5-6-14(11(2)7-10)8-12-3-4-13(9-15)16-12/h3-4,9-11H,5-8H2,1-2H3. The van der Waals surface area contributed by atoms with Gasteiger partial charge in [-0.15, -0.1) is 0 Å². The van der Waals surface area contributed by atoms with Crippen molar-refractivity contribution in [1.82, 2.24) is 4.90 Å². The summed E-state index contributed by atoms with van der Waals surface area (Å²) in [5.41, 5.74) is 0. The molecule has 1 fully saturated rings. The molecule has 0 aromatic carbocycles. The fourth-order valence-corrected chi connectivity index (χ4v) is 2.43. The molecule has 0 aliphatic carbocycles. The zero-order valence-corrected chi connectivity index (χ0v) is 9.98. The van der Waals surface area contributed by atoms with Crippen LogP contribution in [0.4, 0.5) is 0 Å². The van der Waals surface area contributed by atoms with Crippen LogP contribution >= 0.6 is 0 Å². The second kappa shape index (κ2) is 4.83. The first-order valence-corrected chi connectivity index (χ1v) is 5.97. The summed E-state index contributed by atoms with van der Waals surface area (Å²) >= 11 is 0. The van der Waals surface area contributed by atoms with E-state index >= 15 is 0 Å². The Bertz CT molecular complexity index is 359. The van der Waals surface area contributed by atoms with Gasteiger partial charge in [-0.1, -0.05) is 6.92 Å². The Morgan fingerprint density at radius 3 is 2.94 bits per heavy atom. The SMILES string of the molecule is CC1CCN(Cc2ccc(C=O)o2)C(C)C1. The highest BCUT2D eigenvalue weighted by atomic mass is 16.3. The molecular formula is C13H19NO2. The molecular weight excluding hydrogens is 202 g/mol. The summed E-state index contributed by atoms with van der Waals surface area (Å²) in [6, 6.07) is 4.24. The number of piperidine rings is 1. The molecule has 1 aromatic heterocycles. The maximum Gasteiger partial charge on any atom is 0.185 e. The molecule has 1 aliphatic heterocycles. The van der Waals surface area contributed by atoms with E-state index in [2.05, 4.69) is 18.7 Å². The number of carbonyl (C=O) groups excluding carboxylic acids is 1. The Morgan fingerprint density at radius 2 is 2.31 bits per heavy atom. The van der Waals surface area contributed by atoms with E-state index in [9.17, 15) is 4.79 Å². The van der Waals surface area contributed by atoms with Gasteiger partial charge >= 0.3 is 0 Å². The molecule has 2 rings (SSSR count). The molecule has 2 atom stereocenters. The van der Waals surface area contributed by atoms with Crippen LogP contribution in [0.5, 0.6) is 0 Å². The van der Waals surface area contributed by atoms with Crippen LogP contribution in [0.25, 0.3) is 0 Å². The summed E-state index contributed by atoms with van der Waals surface area (Å²) in [4.78, 5) is 12.9. The van der Waals surface area contributed by atoms with Crippen molar-refractivity contribution in [3.8, 4) is 0 Å². The van der Waals surface area contributed by atoms with Crippen LogP contribution in [0.15, 0.2) is 16.5 Å². The van der Waals surface area contributed by atoms with Crippen molar-refractivity contribution in [2.45, 2.75) is 39.3 Å². The van der Waals surface area contributed by atoms with Crippen LogP contribution in [-0.2, 0) is 6.54 Å². The van der Waals surface area contributed by atoms with E-state index in [0.717, 1.165) is 31.1 Å². The number of rotatable bonds is 3. The maximum absolute atomic E-state index is 10.5. The number of hydrogen-bond acceptors (Lipinski definition) is 3. The number of nitrogens with zero attached hydrogens (tertiary/aromatic N) is 1. The summed E-state index contributed by atoms with van der Waals surface area (Å²) in [6.07, 6.45) is 3.26. The van der Waals surface area contributed by atoms with Crippen LogP contribution < -0.4 is 0 Å². The molecule has 16 heavy (non-hydrogen) atoms. The molecule has 2 heterocycles. The van der Waals surface area contributed by atoms with E-state index in [0.29, 0.717) is 11.8 Å². The predicted octanol–water partition coefficient (Wildman–Crippen LogP) is 2.71. The van der Waals surface area contributed by atoms with Gasteiger partial charge in [-0.3, -0.25) is 9.69 Å². The molecule has 3 heteroatoms. The van der Waals surface area contributed by atoms with Gasteiger partial charge in [0.15, 0.2) is 12.0 Å². The lowest BCUT2D eigenvalue weighted by Gasteiger charge is -2.35. The average Bonchev–Trinajstić information content (AvgIpc) is 2.70. The van der Waals surface area contributed by atoms with E-state index in [1.165, 1.54) is 12.8 Å². The smallest absolute Gasteiger partial charge is 0.185 e. The second-order valence-electron chi connectivity index (χ2n) is 4.87. The lowest BCUT2D eigenvalue weighted by atomic mass is 9.93. The third-order valence-corrected chi connectivity index (χ3v) is 3.43. The predicted molar refractivity (Wildman–Crippen MR) is 62.4 cm³/mol. The van der Waals surface area contributed by atoms with Crippen molar-refractivity contribution < 1.29 is 9.21 Å². The number of hydrogen-bond donors (Lipinski definition) is 0. The van der Waals surface area contributed by atoms with Gasteiger partial charge in [0.2, 0.25) is 0 Å². The van der Waals surface area contributed by atoms with Gasteiger partial charge in [0.25, 0.3) is 0 Å². The largest absolute Gasteiger partial charge is 0.457 e. The molecule has 3 nitrogen and oxygen atoms in total. The molecule has 0 radical (unpaired) electrons. The Labute approximate surface area is 96.4 Å². The normalized spacial score (nSPS) is 26.9. The van der Waals surface area contributed by atoms with Crippen molar-refractivity contribution in [2.75, 3.05) is 6.54 Å². The van der Waals surface area contributed by atoms with Gasteiger partial charge in [0, 0.05) is 6.04 Å². The molecule has 1 aliphatic rings. The topological polar surface area (TPSA) is 33.5 Å². The quantitative estimate of drug-likeness (QED) is 0.736. The lowest BCUT2D eigenvalue weighted by Crippen LogP contribution is -2.39. The number of carbonyl (C=O) groups is 1. The molecule has 0 N–H and O–H groups in total. The van der Waals surface area contributed by atoms with Gasteiger partial charge in [0.05, 0.1) is 6.54 Å². The molecule has 0 saturated carbocycles.